The molecular weight excluding hydrogens is 439 g/mol. The summed E-state index contributed by atoms with van der Waals surface area (Å²) in [5.41, 5.74) is -1.15. The average molecular weight is 470 g/mol. The quantitative estimate of drug-likeness (QED) is 0.0598. The van der Waals surface area contributed by atoms with E-state index in [0.29, 0.717) is 11.5 Å². The number of hydrogen-bond acceptors (Lipinski definition) is 9. The Hall–Kier alpha value is -3.21. The van der Waals surface area contributed by atoms with Gasteiger partial charge in [0.2, 0.25) is 11.6 Å². The van der Waals surface area contributed by atoms with Crippen LogP contribution in [0.15, 0.2) is 36.1 Å². The summed E-state index contributed by atoms with van der Waals surface area (Å²) in [5.74, 6) is -6.70. The number of ether oxygens (including phenoxy) is 2. The van der Waals surface area contributed by atoms with Crippen LogP contribution in [0.1, 0.15) is 46.5 Å². The molecule has 0 rings (SSSR count). The van der Waals surface area contributed by atoms with Crippen molar-refractivity contribution in [2.45, 2.75) is 46.5 Å². The zero-order valence-corrected chi connectivity index (χ0v) is 19.2. The molecule has 1 atom stereocenters. The molecule has 0 aliphatic rings. The molecule has 184 valence electrons. The van der Waals surface area contributed by atoms with Gasteiger partial charge >= 0.3 is 11.9 Å². The largest absolute Gasteiger partial charge is 0.460 e. The van der Waals surface area contributed by atoms with E-state index in [9.17, 15) is 33.8 Å². The summed E-state index contributed by atoms with van der Waals surface area (Å²) in [6, 6.07) is 0. The van der Waals surface area contributed by atoms with Crippen molar-refractivity contribution in [1.82, 2.24) is 5.12 Å². The number of nitro groups is 1. The fourth-order valence-corrected chi connectivity index (χ4v) is 2.66. The van der Waals surface area contributed by atoms with Crippen LogP contribution >= 0.6 is 0 Å². The summed E-state index contributed by atoms with van der Waals surface area (Å²) in [4.78, 5) is 59.0. The van der Waals surface area contributed by atoms with E-state index in [4.69, 9.17) is 0 Å². The third-order valence-corrected chi connectivity index (χ3v) is 4.33. The molecule has 0 radical (unpaired) electrons. The van der Waals surface area contributed by atoms with Crippen LogP contribution in [-0.2, 0) is 28.7 Å². The lowest BCUT2D eigenvalue weighted by molar-refractivity contribution is -0.420. The molecule has 0 aromatic heterocycles. The zero-order valence-electron chi connectivity index (χ0n) is 19.2. The van der Waals surface area contributed by atoms with Crippen molar-refractivity contribution in [3.8, 4) is 0 Å². The Morgan fingerprint density at radius 3 is 2.24 bits per heavy atom. The first-order valence-corrected chi connectivity index (χ1v) is 10.6. The number of nitrogens with zero attached hydrogens (tertiary/aromatic N) is 2. The van der Waals surface area contributed by atoms with E-state index in [1.165, 1.54) is 26.0 Å². The maximum absolute atomic E-state index is 13.8. The lowest BCUT2D eigenvalue weighted by atomic mass is 9.87. The number of hydrogen-bond donors (Lipinski definition) is 0. The number of esters is 2. The van der Waals surface area contributed by atoms with E-state index in [0.717, 1.165) is 18.9 Å². The number of halogens is 1. The van der Waals surface area contributed by atoms with E-state index >= 15 is 0 Å². The zero-order chi connectivity index (χ0) is 25.4. The molecule has 11 heteroatoms. The molecule has 10 nitrogen and oxygen atoms in total. The molecule has 0 aliphatic carbocycles. The first-order chi connectivity index (χ1) is 15.6. The highest BCUT2D eigenvalue weighted by Gasteiger charge is 2.37. The Morgan fingerprint density at radius 2 is 1.70 bits per heavy atom. The first kappa shape index (κ1) is 29.8. The highest BCUT2D eigenvalue weighted by Crippen LogP contribution is 2.25. The topological polar surface area (TPSA) is 133 Å². The van der Waals surface area contributed by atoms with Gasteiger partial charge < -0.3 is 9.47 Å². The number of carbonyl (C=O) groups is 4. The molecule has 0 aromatic rings. The summed E-state index contributed by atoms with van der Waals surface area (Å²) in [5, 5.41) is 11.9. The van der Waals surface area contributed by atoms with Crippen molar-refractivity contribution in [2.24, 2.45) is 5.92 Å². The van der Waals surface area contributed by atoms with Gasteiger partial charge in [-0.1, -0.05) is 38.0 Å². The average Bonchev–Trinajstić information content (AvgIpc) is 2.77. The lowest BCUT2D eigenvalue weighted by Crippen LogP contribution is -2.32. The Balaban J connectivity index is 5.92. The first-order valence-electron chi connectivity index (χ1n) is 10.6. The van der Waals surface area contributed by atoms with Gasteiger partial charge in [0, 0.05) is 25.1 Å². The van der Waals surface area contributed by atoms with Crippen LogP contribution in [0.5, 0.6) is 0 Å². The predicted molar refractivity (Wildman–Crippen MR) is 117 cm³/mol. The van der Waals surface area contributed by atoms with Gasteiger partial charge in [-0.2, -0.15) is 0 Å². The van der Waals surface area contributed by atoms with Crippen LogP contribution in [0, 0.1) is 16.0 Å². The highest BCUT2D eigenvalue weighted by molar-refractivity contribution is 6.38. The van der Waals surface area contributed by atoms with Crippen LogP contribution in [0.2, 0.25) is 0 Å². The van der Waals surface area contributed by atoms with E-state index in [1.807, 2.05) is 6.92 Å². The van der Waals surface area contributed by atoms with Gasteiger partial charge in [0.25, 0.3) is 5.70 Å². The van der Waals surface area contributed by atoms with Crippen molar-refractivity contribution in [3.63, 3.8) is 0 Å². The van der Waals surface area contributed by atoms with Crippen LogP contribution < -0.4 is 0 Å². The summed E-state index contributed by atoms with van der Waals surface area (Å²) in [6.45, 7) is 8.01. The lowest BCUT2D eigenvalue weighted by Gasteiger charge is -2.15. The fourth-order valence-electron chi connectivity index (χ4n) is 2.66. The number of Topliss-reactive ketones (excluding diaryl/α,β-unsaturated/α-hetero) is 2. The van der Waals surface area contributed by atoms with E-state index in [1.54, 1.807) is 0 Å². The van der Waals surface area contributed by atoms with Gasteiger partial charge in [-0.05, 0) is 26.8 Å². The second-order valence-electron chi connectivity index (χ2n) is 6.81. The number of unbranched alkanes of at least 4 members (excludes halogenated alkanes) is 2. The molecule has 0 saturated carbocycles. The summed E-state index contributed by atoms with van der Waals surface area (Å²) < 4.78 is 23.0. The Bertz CT molecular complexity index is 791. The molecule has 33 heavy (non-hydrogen) atoms. The molecule has 0 amide bonds. The van der Waals surface area contributed by atoms with Crippen molar-refractivity contribution < 1.29 is 38.1 Å². The number of carbonyl (C=O) groups excluding carboxylic acids is 4. The van der Waals surface area contributed by atoms with E-state index in [-0.39, 0.29) is 31.9 Å². The van der Waals surface area contributed by atoms with Crippen LogP contribution in [-0.4, -0.2) is 59.9 Å². The number of ketones is 2. The van der Waals surface area contributed by atoms with Crippen LogP contribution in [0.25, 0.3) is 0 Å². The van der Waals surface area contributed by atoms with Gasteiger partial charge in [0.05, 0.1) is 24.1 Å². The third-order valence-electron chi connectivity index (χ3n) is 4.33. The molecule has 0 aliphatic heterocycles. The predicted octanol–water partition coefficient (Wildman–Crippen LogP) is 2.91. The third kappa shape index (κ3) is 11.3. The minimum absolute atomic E-state index is 0.105. The van der Waals surface area contributed by atoms with Gasteiger partial charge in [0.1, 0.15) is 0 Å². The maximum Gasteiger partial charge on any atom is 0.375 e. The molecule has 0 aromatic carbocycles. The molecule has 0 bridgehead atoms. The molecule has 0 N–H and O–H groups in total. The van der Waals surface area contributed by atoms with Crippen LogP contribution in [0.4, 0.5) is 4.48 Å². The van der Waals surface area contributed by atoms with Crippen molar-refractivity contribution in [1.29, 1.82) is 0 Å². The summed E-state index contributed by atoms with van der Waals surface area (Å²) in [6.07, 6.45) is 5.27. The number of allylic oxidation sites excluding steroid dienone is 3. The molecule has 0 fully saturated rings. The summed E-state index contributed by atoms with van der Waals surface area (Å²) in [7, 11) is 0. The fraction of sp³-hybridized carbons (Fsp3) is 0.545. The number of rotatable bonds is 17. The van der Waals surface area contributed by atoms with Crippen molar-refractivity contribution in [2.75, 3.05) is 26.3 Å². The van der Waals surface area contributed by atoms with Crippen molar-refractivity contribution in [3.05, 3.63) is 46.2 Å². The molecule has 1 unspecified atom stereocenters. The second kappa shape index (κ2) is 16.4. The molecule has 0 spiro atoms. The van der Waals surface area contributed by atoms with E-state index < -0.39 is 46.5 Å². The van der Waals surface area contributed by atoms with Gasteiger partial charge in [-0.3, -0.25) is 19.7 Å². The summed E-state index contributed by atoms with van der Waals surface area (Å²) >= 11 is 0. The standard InChI is InChI=1S/C22H31FN2O8/c1-5-8-10-13-24(23)14-11-9-12-17(16(4)25(30)31)18(20(27)22(29)33-7-3)15-19(26)21(28)32-6-2/h9,11-12,18H,4-8,10,13-15H2,1-3H3/b11-9-,17-12+. The SMILES string of the molecule is C=C(/C(=C\C=C/CN(F)CCCCC)C(CC(=O)C(=O)OCC)C(=O)C(=O)OCC)[N+](=O)[O-]. The molecular formula is C22H31FN2O8. The minimum atomic E-state index is -1.71. The second-order valence-corrected chi connectivity index (χ2v) is 6.81. The van der Waals surface area contributed by atoms with Gasteiger partial charge in [-0.25, -0.2) is 9.59 Å². The maximum atomic E-state index is 13.8. The van der Waals surface area contributed by atoms with Gasteiger partial charge in [0.15, 0.2) is 0 Å². The molecule has 0 heterocycles. The normalized spacial score (nSPS) is 12.5. The van der Waals surface area contributed by atoms with E-state index in [2.05, 4.69) is 16.1 Å². The van der Waals surface area contributed by atoms with Crippen LogP contribution in [0.3, 0.4) is 0 Å². The monoisotopic (exact) mass is 470 g/mol. The molecule has 0 saturated heterocycles. The van der Waals surface area contributed by atoms with Gasteiger partial charge in [-0.15, -0.1) is 9.60 Å². The highest BCUT2D eigenvalue weighted by atomic mass is 19.2. The Kier molecular flexibility index (Phi) is 14.8. The van der Waals surface area contributed by atoms with Crippen molar-refractivity contribution >= 4 is 23.5 Å². The Morgan fingerprint density at radius 1 is 1.09 bits per heavy atom. The Labute approximate surface area is 192 Å². The minimum Gasteiger partial charge on any atom is -0.460 e. The smallest absolute Gasteiger partial charge is 0.375 e.